The van der Waals surface area contributed by atoms with Crippen molar-refractivity contribution < 1.29 is 13.9 Å². The highest BCUT2D eigenvalue weighted by molar-refractivity contribution is 6.10. The van der Waals surface area contributed by atoms with Crippen LogP contribution in [0.3, 0.4) is 0 Å². The number of aromatic nitrogens is 1. The van der Waals surface area contributed by atoms with Crippen LogP contribution in [0.2, 0.25) is 0 Å². The van der Waals surface area contributed by atoms with E-state index in [1.54, 1.807) is 36.5 Å². The third-order valence-electron chi connectivity index (χ3n) is 5.59. The number of benzene rings is 2. The second-order valence-corrected chi connectivity index (χ2v) is 7.86. The average Bonchev–Trinajstić information content (AvgIpc) is 3.11. The molecule has 0 unspecified atom stereocenters. The first-order valence-electron chi connectivity index (χ1n) is 10.6. The van der Waals surface area contributed by atoms with E-state index in [4.69, 9.17) is 9.15 Å². The Hall–Kier alpha value is -3.93. The maximum Gasteiger partial charge on any atom is 0.296 e. The number of rotatable bonds is 5. The molecule has 1 aliphatic heterocycles. The molecule has 0 aliphatic carbocycles. The van der Waals surface area contributed by atoms with Crippen LogP contribution in [-0.2, 0) is 0 Å². The minimum atomic E-state index is -0.645. The van der Waals surface area contributed by atoms with E-state index >= 15 is 0 Å². The van der Waals surface area contributed by atoms with Crippen molar-refractivity contribution in [3.05, 3.63) is 99.5 Å². The molecular weight excluding hydrogens is 404 g/mol. The molecule has 0 saturated heterocycles. The molecular formula is C26H22N2O4. The number of carbonyl (C=O) groups is 1. The lowest BCUT2D eigenvalue weighted by atomic mass is 9.98. The largest absolute Gasteiger partial charge is 0.494 e. The number of carbonyl (C=O) groups excluding carboxylic acids is 1. The number of pyridine rings is 1. The van der Waals surface area contributed by atoms with E-state index in [0.29, 0.717) is 29.0 Å². The maximum absolute atomic E-state index is 13.5. The van der Waals surface area contributed by atoms with E-state index in [1.165, 1.54) is 4.90 Å². The zero-order valence-corrected chi connectivity index (χ0v) is 17.9. The molecule has 6 nitrogen and oxygen atoms in total. The summed E-state index contributed by atoms with van der Waals surface area (Å²) in [5, 5.41) is 0.450. The van der Waals surface area contributed by atoms with Gasteiger partial charge in [-0.25, -0.2) is 4.98 Å². The van der Waals surface area contributed by atoms with Crippen LogP contribution >= 0.6 is 0 Å². The van der Waals surface area contributed by atoms with Gasteiger partial charge in [0, 0.05) is 6.20 Å². The van der Waals surface area contributed by atoms with Crippen molar-refractivity contribution in [3.63, 3.8) is 0 Å². The maximum atomic E-state index is 13.5. The van der Waals surface area contributed by atoms with Crippen LogP contribution < -0.4 is 15.1 Å². The molecule has 160 valence electrons. The van der Waals surface area contributed by atoms with Crippen LogP contribution in [0.15, 0.2) is 76.1 Å². The van der Waals surface area contributed by atoms with E-state index in [1.807, 2.05) is 44.2 Å². The van der Waals surface area contributed by atoms with Crippen LogP contribution in [0.4, 0.5) is 5.82 Å². The Balaban J connectivity index is 1.70. The summed E-state index contributed by atoms with van der Waals surface area (Å²) < 4.78 is 11.7. The quantitative estimate of drug-likeness (QED) is 0.447. The zero-order valence-electron chi connectivity index (χ0n) is 17.9. The number of ether oxygens (including phenoxy) is 1. The second kappa shape index (κ2) is 7.96. The molecule has 6 heteroatoms. The van der Waals surface area contributed by atoms with Crippen molar-refractivity contribution in [2.75, 3.05) is 11.5 Å². The van der Waals surface area contributed by atoms with Crippen molar-refractivity contribution in [1.29, 1.82) is 0 Å². The molecule has 5 rings (SSSR count). The topological polar surface area (TPSA) is 72.6 Å². The highest BCUT2D eigenvalue weighted by Gasteiger charge is 2.44. The lowest BCUT2D eigenvalue weighted by Gasteiger charge is -2.24. The fraction of sp³-hybridized carbons (Fsp3) is 0.192. The number of anilines is 1. The number of para-hydroxylation sites is 1. The normalized spacial score (nSPS) is 15.2. The third-order valence-corrected chi connectivity index (χ3v) is 5.59. The zero-order chi connectivity index (χ0) is 22.2. The van der Waals surface area contributed by atoms with Gasteiger partial charge in [0.05, 0.1) is 23.6 Å². The average molecular weight is 426 g/mol. The number of hydrogen-bond acceptors (Lipinski definition) is 5. The number of amides is 1. The van der Waals surface area contributed by atoms with Gasteiger partial charge in [0.1, 0.15) is 17.2 Å². The Morgan fingerprint density at radius 2 is 1.81 bits per heavy atom. The second-order valence-electron chi connectivity index (χ2n) is 7.86. The predicted octanol–water partition coefficient (Wildman–Crippen LogP) is 5.04. The molecule has 4 aromatic rings. The molecule has 32 heavy (non-hydrogen) atoms. The van der Waals surface area contributed by atoms with Gasteiger partial charge in [-0.15, -0.1) is 0 Å². The van der Waals surface area contributed by atoms with Crippen molar-refractivity contribution in [2.24, 2.45) is 0 Å². The van der Waals surface area contributed by atoms with Crippen LogP contribution in [-0.4, -0.2) is 17.5 Å². The summed E-state index contributed by atoms with van der Waals surface area (Å²) in [7, 11) is 0. The fourth-order valence-electron chi connectivity index (χ4n) is 4.04. The Morgan fingerprint density at radius 1 is 1.03 bits per heavy atom. The summed E-state index contributed by atoms with van der Waals surface area (Å²) in [5.41, 5.74) is 2.28. The van der Waals surface area contributed by atoms with Gasteiger partial charge in [0.25, 0.3) is 5.91 Å². The minimum Gasteiger partial charge on any atom is -0.494 e. The Bertz CT molecular complexity index is 1360. The molecule has 1 amide bonds. The van der Waals surface area contributed by atoms with Crippen LogP contribution in [0.5, 0.6) is 5.75 Å². The fourth-order valence-corrected chi connectivity index (χ4v) is 4.04. The number of hydrogen-bond donors (Lipinski definition) is 0. The van der Waals surface area contributed by atoms with E-state index in [-0.39, 0.29) is 17.1 Å². The van der Waals surface area contributed by atoms with Crippen LogP contribution in [0.1, 0.15) is 46.6 Å². The van der Waals surface area contributed by atoms with Gasteiger partial charge >= 0.3 is 0 Å². The first-order valence-corrected chi connectivity index (χ1v) is 10.6. The first-order chi connectivity index (χ1) is 15.6. The molecule has 2 aromatic heterocycles. The van der Waals surface area contributed by atoms with Gasteiger partial charge in [0.15, 0.2) is 5.43 Å². The van der Waals surface area contributed by atoms with E-state index in [9.17, 15) is 9.59 Å². The van der Waals surface area contributed by atoms with Crippen molar-refractivity contribution >= 4 is 22.7 Å². The van der Waals surface area contributed by atoms with Crippen LogP contribution in [0.25, 0.3) is 11.0 Å². The number of fused-ring (bicyclic) bond motifs is 2. The van der Waals surface area contributed by atoms with Crippen LogP contribution in [0, 0.1) is 6.92 Å². The van der Waals surface area contributed by atoms with E-state index in [2.05, 4.69) is 4.98 Å². The molecule has 0 bridgehead atoms. The summed E-state index contributed by atoms with van der Waals surface area (Å²) in [6, 6.07) is 17.5. The Labute approximate surface area is 185 Å². The van der Waals surface area contributed by atoms with E-state index in [0.717, 1.165) is 23.3 Å². The monoisotopic (exact) mass is 426 g/mol. The summed E-state index contributed by atoms with van der Waals surface area (Å²) in [4.78, 5) is 33.0. The third kappa shape index (κ3) is 3.24. The number of nitrogens with zero attached hydrogens (tertiary/aromatic N) is 2. The first kappa shape index (κ1) is 20.0. The van der Waals surface area contributed by atoms with E-state index < -0.39 is 6.04 Å². The van der Waals surface area contributed by atoms with Gasteiger partial charge in [0.2, 0.25) is 5.76 Å². The molecule has 0 radical (unpaired) electrons. The summed E-state index contributed by atoms with van der Waals surface area (Å²) >= 11 is 0. The minimum absolute atomic E-state index is 0.0624. The molecule has 0 spiro atoms. The number of aryl methyl sites for hydroxylation is 1. The Kier molecular flexibility index (Phi) is 4.98. The Morgan fingerprint density at radius 3 is 2.53 bits per heavy atom. The molecule has 1 aliphatic rings. The summed E-state index contributed by atoms with van der Waals surface area (Å²) in [6.45, 7) is 4.60. The van der Waals surface area contributed by atoms with Gasteiger partial charge in [-0.05, 0) is 54.8 Å². The van der Waals surface area contributed by atoms with Crippen molar-refractivity contribution in [1.82, 2.24) is 4.98 Å². The molecule has 0 saturated carbocycles. The molecule has 0 fully saturated rings. The van der Waals surface area contributed by atoms with Gasteiger partial charge in [-0.3, -0.25) is 14.5 Å². The summed E-state index contributed by atoms with van der Waals surface area (Å²) in [6.07, 6.45) is 2.61. The van der Waals surface area contributed by atoms with Crippen molar-refractivity contribution in [3.8, 4) is 5.75 Å². The lowest BCUT2D eigenvalue weighted by molar-refractivity contribution is 0.0970. The molecule has 0 N–H and O–H groups in total. The van der Waals surface area contributed by atoms with Gasteiger partial charge < -0.3 is 9.15 Å². The SMILES string of the molecule is CCCOc1ccc([C@@H]2c3c(oc4ccccc4c3=O)C(=O)N2c2ccc(C)cn2)cc1. The lowest BCUT2D eigenvalue weighted by Crippen LogP contribution is -2.30. The molecule has 1 atom stereocenters. The van der Waals surface area contributed by atoms with Crippen molar-refractivity contribution in [2.45, 2.75) is 26.3 Å². The molecule has 3 heterocycles. The highest BCUT2D eigenvalue weighted by Crippen LogP contribution is 2.40. The molecule has 2 aromatic carbocycles. The summed E-state index contributed by atoms with van der Waals surface area (Å²) in [5.74, 6) is 0.889. The van der Waals surface area contributed by atoms with Gasteiger partial charge in [-0.2, -0.15) is 0 Å². The predicted molar refractivity (Wildman–Crippen MR) is 122 cm³/mol. The smallest absolute Gasteiger partial charge is 0.296 e. The van der Waals surface area contributed by atoms with Gasteiger partial charge in [-0.1, -0.05) is 37.3 Å². The standard InChI is InChI=1S/C26H22N2O4/c1-3-14-31-18-11-9-17(10-12-18)23-22-24(29)19-6-4-5-7-20(19)32-25(22)26(30)28(23)21-13-8-16(2)15-27-21/h4-13,15,23H,3,14H2,1-2H3/t23-/m1/s1. The highest BCUT2D eigenvalue weighted by atomic mass is 16.5.